The fraction of sp³-hybridized carbons (Fsp3) is 0.333. The Bertz CT molecular complexity index is 482. The van der Waals surface area contributed by atoms with Crippen molar-refractivity contribution in [2.75, 3.05) is 13.7 Å². The number of halogens is 2. The van der Waals surface area contributed by atoms with E-state index in [1.54, 1.807) is 18.2 Å². The highest BCUT2D eigenvalue weighted by Gasteiger charge is 2.17. The van der Waals surface area contributed by atoms with Crippen LogP contribution in [0.4, 0.5) is 0 Å². The van der Waals surface area contributed by atoms with Gasteiger partial charge in [-0.3, -0.25) is 9.59 Å². The average molecular weight is 350 g/mol. The minimum absolute atomic E-state index is 0.0438. The van der Waals surface area contributed by atoms with Crippen LogP contribution in [0.1, 0.15) is 5.56 Å². The third kappa shape index (κ3) is 5.18. The van der Waals surface area contributed by atoms with Crippen LogP contribution in [0, 0.1) is 0 Å². The molecule has 0 saturated carbocycles. The monoisotopic (exact) mass is 348 g/mol. The van der Waals surface area contributed by atoms with Crippen molar-refractivity contribution in [1.29, 1.82) is 0 Å². The molecule has 1 aromatic rings. The van der Waals surface area contributed by atoms with E-state index in [4.69, 9.17) is 22.1 Å². The lowest BCUT2D eigenvalue weighted by molar-refractivity contribution is -0.128. The summed E-state index contributed by atoms with van der Waals surface area (Å²) in [6.07, 6.45) is 0.112. The van der Waals surface area contributed by atoms with E-state index in [2.05, 4.69) is 21.2 Å². The molecule has 0 saturated heterocycles. The van der Waals surface area contributed by atoms with Gasteiger partial charge in [0, 0.05) is 11.6 Å². The van der Waals surface area contributed by atoms with Crippen LogP contribution in [0.25, 0.3) is 0 Å². The molecule has 2 amide bonds. The van der Waals surface area contributed by atoms with Gasteiger partial charge >= 0.3 is 0 Å². The molecule has 0 bridgehead atoms. The summed E-state index contributed by atoms with van der Waals surface area (Å²) in [5.74, 6) is -0.955. The Labute approximate surface area is 124 Å². The van der Waals surface area contributed by atoms with Crippen molar-refractivity contribution in [2.24, 2.45) is 5.73 Å². The van der Waals surface area contributed by atoms with Crippen molar-refractivity contribution < 1.29 is 14.3 Å². The van der Waals surface area contributed by atoms with Crippen molar-refractivity contribution in [2.45, 2.75) is 12.5 Å². The van der Waals surface area contributed by atoms with E-state index in [-0.39, 0.29) is 18.9 Å². The van der Waals surface area contributed by atoms with Gasteiger partial charge in [-0.1, -0.05) is 17.7 Å². The summed E-state index contributed by atoms with van der Waals surface area (Å²) < 4.78 is 5.57. The first-order valence-electron chi connectivity index (χ1n) is 5.45. The van der Waals surface area contributed by atoms with Gasteiger partial charge in [0.2, 0.25) is 11.8 Å². The van der Waals surface area contributed by atoms with E-state index >= 15 is 0 Å². The number of methoxy groups -OCH3 is 1. The minimum Gasteiger partial charge on any atom is -0.382 e. The van der Waals surface area contributed by atoms with Crippen molar-refractivity contribution in [1.82, 2.24) is 5.32 Å². The molecule has 3 N–H and O–H groups in total. The van der Waals surface area contributed by atoms with Crippen LogP contribution in [-0.2, 0) is 20.7 Å². The van der Waals surface area contributed by atoms with Gasteiger partial charge in [-0.15, -0.1) is 0 Å². The largest absolute Gasteiger partial charge is 0.382 e. The summed E-state index contributed by atoms with van der Waals surface area (Å²) in [6, 6.07) is 4.38. The molecule has 104 valence electrons. The van der Waals surface area contributed by atoms with E-state index < -0.39 is 11.9 Å². The number of nitrogens with one attached hydrogen (secondary N) is 1. The van der Waals surface area contributed by atoms with Crippen LogP contribution in [-0.4, -0.2) is 31.6 Å². The fourth-order valence-electron chi connectivity index (χ4n) is 1.44. The summed E-state index contributed by atoms with van der Waals surface area (Å²) in [5, 5.41) is 3.03. The van der Waals surface area contributed by atoms with Crippen LogP contribution < -0.4 is 11.1 Å². The molecule has 5 nitrogen and oxygen atoms in total. The van der Waals surface area contributed by atoms with E-state index in [1.165, 1.54) is 7.11 Å². The number of hydrogen-bond donors (Lipinski definition) is 2. The van der Waals surface area contributed by atoms with Gasteiger partial charge in [-0.05, 0) is 33.6 Å². The Morgan fingerprint density at radius 1 is 1.53 bits per heavy atom. The smallest absolute Gasteiger partial charge is 0.242 e. The third-order valence-corrected chi connectivity index (χ3v) is 3.59. The predicted octanol–water partition coefficient (Wildman–Crippen LogP) is 1.26. The lowest BCUT2D eigenvalue weighted by atomic mass is 10.1. The topological polar surface area (TPSA) is 81.4 Å². The fourth-order valence-corrected chi connectivity index (χ4v) is 1.89. The van der Waals surface area contributed by atoms with Gasteiger partial charge in [-0.2, -0.15) is 0 Å². The van der Waals surface area contributed by atoms with Gasteiger partial charge in [0.1, 0.15) is 6.04 Å². The molecule has 0 unspecified atom stereocenters. The van der Waals surface area contributed by atoms with Crippen LogP contribution in [0.2, 0.25) is 5.02 Å². The number of rotatable bonds is 6. The summed E-state index contributed by atoms with van der Waals surface area (Å²) in [6.45, 7) is 0.0438. The van der Waals surface area contributed by atoms with Crippen molar-refractivity contribution in [3.63, 3.8) is 0 Å². The molecule has 0 aliphatic carbocycles. The molecule has 0 aromatic heterocycles. The van der Waals surface area contributed by atoms with E-state index in [0.717, 1.165) is 10.0 Å². The third-order valence-electron chi connectivity index (χ3n) is 2.36. The van der Waals surface area contributed by atoms with Crippen LogP contribution >= 0.6 is 27.5 Å². The lowest BCUT2D eigenvalue weighted by Crippen LogP contribution is -2.47. The number of amides is 2. The van der Waals surface area contributed by atoms with Gasteiger partial charge in [0.15, 0.2) is 0 Å². The Morgan fingerprint density at radius 2 is 2.21 bits per heavy atom. The Balaban J connectivity index is 2.63. The maximum absolute atomic E-state index is 11.8. The van der Waals surface area contributed by atoms with Crippen LogP contribution in [0.3, 0.4) is 0 Å². The second-order valence-electron chi connectivity index (χ2n) is 3.90. The van der Waals surface area contributed by atoms with Crippen molar-refractivity contribution in [3.8, 4) is 0 Å². The number of carbonyl (C=O) groups is 2. The number of nitrogens with two attached hydrogens (primary N) is 1. The highest BCUT2D eigenvalue weighted by atomic mass is 79.9. The molecule has 1 atom stereocenters. The minimum atomic E-state index is -0.830. The quantitative estimate of drug-likeness (QED) is 0.811. The second-order valence-corrected chi connectivity index (χ2v) is 5.16. The summed E-state index contributed by atoms with van der Waals surface area (Å²) in [4.78, 5) is 22.8. The molecule has 1 aromatic carbocycles. The first-order chi connectivity index (χ1) is 8.93. The average Bonchev–Trinajstić information content (AvgIpc) is 2.33. The molecule has 0 aliphatic rings. The van der Waals surface area contributed by atoms with Crippen LogP contribution in [0.5, 0.6) is 0 Å². The summed E-state index contributed by atoms with van der Waals surface area (Å²) >= 11 is 9.20. The number of benzene rings is 1. The van der Waals surface area contributed by atoms with Gasteiger partial charge in [0.25, 0.3) is 0 Å². The number of ether oxygens (including phenoxy) is 1. The zero-order valence-corrected chi connectivity index (χ0v) is 12.6. The predicted molar refractivity (Wildman–Crippen MR) is 75.9 cm³/mol. The van der Waals surface area contributed by atoms with Crippen molar-refractivity contribution in [3.05, 3.63) is 33.3 Å². The first-order valence-corrected chi connectivity index (χ1v) is 6.62. The van der Waals surface area contributed by atoms with Gasteiger partial charge in [-0.25, -0.2) is 0 Å². The SMILES string of the molecule is COC[C@@H](NC(=O)Cc1ccc(Br)c(Cl)c1)C(N)=O. The normalized spacial score (nSPS) is 11.9. The van der Waals surface area contributed by atoms with E-state index in [0.29, 0.717) is 5.02 Å². The number of carbonyl (C=O) groups excluding carboxylic acids is 2. The van der Waals surface area contributed by atoms with Gasteiger partial charge in [0.05, 0.1) is 18.1 Å². The molecular formula is C12H14BrClN2O3. The van der Waals surface area contributed by atoms with Gasteiger partial charge < -0.3 is 15.8 Å². The van der Waals surface area contributed by atoms with E-state index in [1.807, 2.05) is 0 Å². The Kier molecular flexibility index (Phi) is 6.27. The molecule has 7 heteroatoms. The number of primary amides is 1. The maximum Gasteiger partial charge on any atom is 0.242 e. The molecule has 1 rings (SSSR count). The Hall–Kier alpha value is -1.11. The summed E-state index contributed by atoms with van der Waals surface area (Å²) in [5.41, 5.74) is 5.89. The van der Waals surface area contributed by atoms with Crippen LogP contribution in [0.15, 0.2) is 22.7 Å². The molecule has 0 radical (unpaired) electrons. The molecule has 0 fully saturated rings. The molecule has 0 heterocycles. The zero-order valence-electron chi connectivity index (χ0n) is 10.3. The molecule has 0 spiro atoms. The molecule has 0 aliphatic heterocycles. The number of hydrogen-bond acceptors (Lipinski definition) is 3. The zero-order chi connectivity index (χ0) is 14.4. The molecule has 19 heavy (non-hydrogen) atoms. The first kappa shape index (κ1) is 15.9. The van der Waals surface area contributed by atoms with Crippen molar-refractivity contribution >= 4 is 39.3 Å². The standard InChI is InChI=1S/C12H14BrClN2O3/c1-19-6-10(12(15)18)16-11(17)5-7-2-3-8(13)9(14)4-7/h2-4,10H,5-6H2,1H3,(H2,15,18)(H,16,17)/t10-/m1/s1. The van der Waals surface area contributed by atoms with E-state index in [9.17, 15) is 9.59 Å². The molecular weight excluding hydrogens is 336 g/mol. The second kappa shape index (κ2) is 7.47. The summed E-state index contributed by atoms with van der Waals surface area (Å²) in [7, 11) is 1.43. The lowest BCUT2D eigenvalue weighted by Gasteiger charge is -2.14. The maximum atomic E-state index is 11.8. The Morgan fingerprint density at radius 3 is 2.74 bits per heavy atom. The highest BCUT2D eigenvalue weighted by molar-refractivity contribution is 9.10. The highest BCUT2D eigenvalue weighted by Crippen LogP contribution is 2.23.